The van der Waals surface area contributed by atoms with Crippen LogP contribution in [0.1, 0.15) is 16.3 Å². The number of thiazole rings is 1. The molecule has 0 bridgehead atoms. The third-order valence-corrected chi connectivity index (χ3v) is 6.37. The molecule has 2 aromatic rings. The summed E-state index contributed by atoms with van der Waals surface area (Å²) in [6.07, 6.45) is 2.36. The molecular weight excluding hydrogens is 348 g/mol. The summed E-state index contributed by atoms with van der Waals surface area (Å²) in [5.74, 6) is 0.166. The van der Waals surface area contributed by atoms with Crippen LogP contribution in [0, 0.1) is 6.92 Å². The number of hydrogen-bond acceptors (Lipinski definition) is 5. The van der Waals surface area contributed by atoms with Crippen molar-refractivity contribution in [2.75, 3.05) is 21.9 Å². The largest absolute Gasteiger partial charge is 0.333 e. The second-order valence-corrected chi connectivity index (χ2v) is 8.78. The van der Waals surface area contributed by atoms with Gasteiger partial charge in [0.25, 0.3) is 0 Å². The zero-order valence-corrected chi connectivity index (χ0v) is 14.8. The lowest BCUT2D eigenvalue weighted by Crippen LogP contribution is -2.28. The predicted octanol–water partition coefficient (Wildman–Crippen LogP) is 2.31. The molecule has 2 N–H and O–H groups in total. The maximum atomic E-state index is 12.0. The van der Waals surface area contributed by atoms with Crippen molar-refractivity contribution >= 4 is 38.8 Å². The Hall–Kier alpha value is -2.13. The molecule has 0 radical (unpaired) electrons. The second-order valence-electron chi connectivity index (χ2n) is 5.45. The van der Waals surface area contributed by atoms with Crippen molar-refractivity contribution in [2.24, 2.45) is 0 Å². The van der Waals surface area contributed by atoms with Crippen LogP contribution in [0.4, 0.5) is 16.2 Å². The lowest BCUT2D eigenvalue weighted by atomic mass is 10.2. The molecule has 1 aromatic carbocycles. The fraction of sp³-hybridized carbons (Fsp3) is 0.333. The molecule has 2 amide bonds. The van der Waals surface area contributed by atoms with Crippen LogP contribution < -0.4 is 14.9 Å². The standard InChI is InChI=1S/C15H18N4O3S2/c1-11-16-9-14(23-11)10-17-15(20)18-12-4-2-5-13(8-12)19-6-3-7-24(19,21)22/h2,4-5,8-9H,3,6-7,10H2,1H3,(H2,17,18,20). The van der Waals surface area contributed by atoms with Crippen LogP contribution in [0.15, 0.2) is 30.5 Å². The van der Waals surface area contributed by atoms with Gasteiger partial charge in [-0.25, -0.2) is 18.2 Å². The summed E-state index contributed by atoms with van der Waals surface area (Å²) in [6.45, 7) is 2.78. The van der Waals surface area contributed by atoms with Crippen LogP contribution in [-0.2, 0) is 16.6 Å². The Labute approximate surface area is 144 Å². The molecule has 1 fully saturated rings. The SMILES string of the molecule is Cc1ncc(CNC(=O)Nc2cccc(N3CCCS3(=O)=O)c2)s1. The third kappa shape index (κ3) is 3.85. The quantitative estimate of drug-likeness (QED) is 0.869. The van der Waals surface area contributed by atoms with Gasteiger partial charge in [-0.3, -0.25) is 4.31 Å². The van der Waals surface area contributed by atoms with Gasteiger partial charge in [-0.2, -0.15) is 0 Å². The summed E-state index contributed by atoms with van der Waals surface area (Å²) in [6, 6.07) is 6.50. The summed E-state index contributed by atoms with van der Waals surface area (Å²) >= 11 is 1.53. The fourth-order valence-corrected chi connectivity index (χ4v) is 4.79. The van der Waals surface area contributed by atoms with E-state index in [4.69, 9.17) is 0 Å². The van der Waals surface area contributed by atoms with Gasteiger partial charge in [0.2, 0.25) is 10.0 Å². The van der Waals surface area contributed by atoms with Crippen molar-refractivity contribution in [3.63, 3.8) is 0 Å². The number of amides is 2. The Kier molecular flexibility index (Phi) is 4.72. The van der Waals surface area contributed by atoms with Gasteiger partial charge in [0, 0.05) is 23.3 Å². The molecule has 0 atom stereocenters. The number of sulfonamides is 1. The molecule has 1 aliphatic heterocycles. The summed E-state index contributed by atoms with van der Waals surface area (Å²) < 4.78 is 25.3. The van der Waals surface area contributed by atoms with Gasteiger partial charge < -0.3 is 10.6 Å². The predicted molar refractivity (Wildman–Crippen MR) is 94.9 cm³/mol. The first-order valence-corrected chi connectivity index (χ1v) is 9.93. The third-order valence-electron chi connectivity index (χ3n) is 3.58. The Balaban J connectivity index is 1.63. The second kappa shape index (κ2) is 6.78. The van der Waals surface area contributed by atoms with E-state index >= 15 is 0 Å². The minimum atomic E-state index is -3.23. The number of carbonyl (C=O) groups is 1. The molecule has 9 heteroatoms. The van der Waals surface area contributed by atoms with Gasteiger partial charge >= 0.3 is 6.03 Å². The zero-order chi connectivity index (χ0) is 17.2. The molecule has 1 saturated heterocycles. The van der Waals surface area contributed by atoms with Crippen LogP contribution in [0.25, 0.3) is 0 Å². The lowest BCUT2D eigenvalue weighted by molar-refractivity contribution is 0.252. The average molecular weight is 366 g/mol. The number of benzene rings is 1. The molecule has 3 rings (SSSR count). The minimum absolute atomic E-state index is 0.166. The first kappa shape index (κ1) is 16.7. The van der Waals surface area contributed by atoms with E-state index in [0.29, 0.717) is 30.9 Å². The highest BCUT2D eigenvalue weighted by Crippen LogP contribution is 2.26. The average Bonchev–Trinajstić information content (AvgIpc) is 3.10. The van der Waals surface area contributed by atoms with Crippen molar-refractivity contribution in [3.8, 4) is 0 Å². The number of anilines is 2. The highest BCUT2D eigenvalue weighted by Gasteiger charge is 2.28. The number of nitrogens with zero attached hydrogens (tertiary/aromatic N) is 2. The molecule has 0 saturated carbocycles. The number of rotatable bonds is 4. The number of nitrogens with one attached hydrogen (secondary N) is 2. The molecule has 1 aliphatic rings. The Morgan fingerprint density at radius 1 is 1.42 bits per heavy atom. The molecule has 0 unspecified atom stereocenters. The van der Waals surface area contributed by atoms with Crippen LogP contribution in [0.5, 0.6) is 0 Å². The van der Waals surface area contributed by atoms with Crippen molar-refractivity contribution in [2.45, 2.75) is 19.9 Å². The maximum absolute atomic E-state index is 12.0. The highest BCUT2D eigenvalue weighted by molar-refractivity contribution is 7.93. The summed E-state index contributed by atoms with van der Waals surface area (Å²) in [5, 5.41) is 6.43. The van der Waals surface area contributed by atoms with Crippen LogP contribution in [0.3, 0.4) is 0 Å². The molecule has 128 valence electrons. The number of urea groups is 1. The van der Waals surface area contributed by atoms with Crippen LogP contribution in [-0.4, -0.2) is 31.7 Å². The zero-order valence-electron chi connectivity index (χ0n) is 13.2. The molecule has 7 nitrogen and oxygen atoms in total. The van der Waals surface area contributed by atoms with Crippen molar-refractivity contribution in [1.29, 1.82) is 0 Å². The van der Waals surface area contributed by atoms with E-state index in [0.717, 1.165) is 9.88 Å². The summed E-state index contributed by atoms with van der Waals surface area (Å²) in [7, 11) is -3.23. The van der Waals surface area contributed by atoms with E-state index in [1.165, 1.54) is 15.6 Å². The van der Waals surface area contributed by atoms with Crippen LogP contribution in [0.2, 0.25) is 0 Å². The van der Waals surface area contributed by atoms with Crippen molar-refractivity contribution in [3.05, 3.63) is 40.3 Å². The van der Waals surface area contributed by atoms with E-state index < -0.39 is 10.0 Å². The van der Waals surface area contributed by atoms with Gasteiger partial charge in [-0.15, -0.1) is 11.3 Å². The Bertz CT molecular complexity index is 848. The van der Waals surface area contributed by atoms with E-state index in [9.17, 15) is 13.2 Å². The number of aromatic nitrogens is 1. The van der Waals surface area contributed by atoms with Gasteiger partial charge in [0.1, 0.15) is 0 Å². The van der Waals surface area contributed by atoms with Crippen molar-refractivity contribution in [1.82, 2.24) is 10.3 Å². The fourth-order valence-electron chi connectivity index (χ4n) is 2.50. The summed E-state index contributed by atoms with van der Waals surface area (Å²) in [4.78, 5) is 17.1. The monoisotopic (exact) mass is 366 g/mol. The smallest absolute Gasteiger partial charge is 0.319 e. The normalized spacial score (nSPS) is 16.1. The van der Waals surface area contributed by atoms with Crippen molar-refractivity contribution < 1.29 is 13.2 Å². The van der Waals surface area contributed by atoms with Gasteiger partial charge in [-0.05, 0) is 31.5 Å². The molecule has 24 heavy (non-hydrogen) atoms. The Morgan fingerprint density at radius 2 is 2.25 bits per heavy atom. The van der Waals surface area contributed by atoms with E-state index in [2.05, 4.69) is 15.6 Å². The maximum Gasteiger partial charge on any atom is 0.319 e. The first-order valence-electron chi connectivity index (χ1n) is 7.51. The minimum Gasteiger partial charge on any atom is -0.333 e. The lowest BCUT2D eigenvalue weighted by Gasteiger charge is -2.17. The van der Waals surface area contributed by atoms with Gasteiger partial charge in [0.15, 0.2) is 0 Å². The van der Waals surface area contributed by atoms with E-state index in [1.54, 1.807) is 30.5 Å². The molecule has 0 aliphatic carbocycles. The Morgan fingerprint density at radius 3 is 2.92 bits per heavy atom. The molecule has 2 heterocycles. The number of aryl methyl sites for hydroxylation is 1. The first-order chi connectivity index (χ1) is 11.4. The topological polar surface area (TPSA) is 91.4 Å². The highest BCUT2D eigenvalue weighted by atomic mass is 32.2. The molecule has 1 aromatic heterocycles. The van der Waals surface area contributed by atoms with E-state index in [1.807, 2.05) is 6.92 Å². The summed E-state index contributed by atoms with van der Waals surface area (Å²) in [5.41, 5.74) is 1.12. The number of carbonyl (C=O) groups excluding carboxylic acids is 1. The molecule has 0 spiro atoms. The molecular formula is C15H18N4O3S2. The number of hydrogen-bond donors (Lipinski definition) is 2. The van der Waals surface area contributed by atoms with Gasteiger partial charge in [0.05, 0.1) is 23.0 Å². The van der Waals surface area contributed by atoms with Crippen LogP contribution >= 0.6 is 11.3 Å². The van der Waals surface area contributed by atoms with E-state index in [-0.39, 0.29) is 11.8 Å². The van der Waals surface area contributed by atoms with Gasteiger partial charge in [-0.1, -0.05) is 6.07 Å².